The lowest BCUT2D eigenvalue weighted by molar-refractivity contribution is 0.105. The first kappa shape index (κ1) is 20.0. The first-order valence-electron chi connectivity index (χ1n) is 9.96. The van der Waals surface area contributed by atoms with E-state index in [1.807, 2.05) is 12.1 Å². The first-order chi connectivity index (χ1) is 13.8. The fraction of sp³-hybridized carbons (Fsp3) is 0.409. The van der Waals surface area contributed by atoms with Crippen molar-refractivity contribution in [3.05, 3.63) is 59.7 Å². The molecular formula is C22H30N4O2. The van der Waals surface area contributed by atoms with Gasteiger partial charge in [0.15, 0.2) is 5.96 Å². The van der Waals surface area contributed by atoms with Crippen molar-refractivity contribution in [3.63, 3.8) is 0 Å². The minimum absolute atomic E-state index is 0.513. The molecule has 3 N–H and O–H groups in total. The molecule has 0 atom stereocenters. The summed E-state index contributed by atoms with van der Waals surface area (Å²) in [5, 5.41) is 8.06. The lowest BCUT2D eigenvalue weighted by atomic mass is 10.1. The van der Waals surface area contributed by atoms with E-state index in [-0.39, 0.29) is 0 Å². The molecule has 0 aliphatic rings. The van der Waals surface area contributed by atoms with Crippen LogP contribution in [0.5, 0.6) is 0 Å². The van der Waals surface area contributed by atoms with Crippen LogP contribution in [0.3, 0.4) is 0 Å². The first-order valence-corrected chi connectivity index (χ1v) is 9.96. The van der Waals surface area contributed by atoms with Crippen molar-refractivity contribution in [1.29, 1.82) is 0 Å². The summed E-state index contributed by atoms with van der Waals surface area (Å²) in [6.07, 6.45) is 5.59. The number of aromatic amines is 1. The van der Waals surface area contributed by atoms with E-state index in [4.69, 9.17) is 9.15 Å². The highest BCUT2D eigenvalue weighted by atomic mass is 16.5. The fourth-order valence-corrected chi connectivity index (χ4v) is 3.23. The molecule has 0 unspecified atom stereocenters. The molecule has 3 rings (SSSR count). The van der Waals surface area contributed by atoms with Crippen LogP contribution in [0.1, 0.15) is 30.2 Å². The quantitative estimate of drug-likeness (QED) is 0.283. The van der Waals surface area contributed by atoms with Gasteiger partial charge in [0.1, 0.15) is 12.4 Å². The van der Waals surface area contributed by atoms with Crippen LogP contribution in [0, 0.1) is 6.92 Å². The zero-order valence-corrected chi connectivity index (χ0v) is 16.8. The third-order valence-corrected chi connectivity index (χ3v) is 4.57. The van der Waals surface area contributed by atoms with Gasteiger partial charge in [0.25, 0.3) is 0 Å². The van der Waals surface area contributed by atoms with E-state index in [9.17, 15) is 0 Å². The Labute approximate surface area is 166 Å². The highest BCUT2D eigenvalue weighted by Crippen LogP contribution is 2.22. The summed E-state index contributed by atoms with van der Waals surface area (Å²) in [6, 6.07) is 10.2. The third-order valence-electron chi connectivity index (χ3n) is 4.57. The molecule has 150 valence electrons. The predicted octanol–water partition coefficient (Wildman–Crippen LogP) is 3.77. The number of aromatic nitrogens is 1. The highest BCUT2D eigenvalue weighted by molar-refractivity contribution is 5.86. The molecule has 0 amide bonds. The Bertz CT molecular complexity index is 868. The van der Waals surface area contributed by atoms with Gasteiger partial charge >= 0.3 is 0 Å². The smallest absolute Gasteiger partial charge is 0.191 e. The summed E-state index contributed by atoms with van der Waals surface area (Å²) in [5.74, 6) is 1.70. The average Bonchev–Trinajstić information content (AvgIpc) is 3.35. The SMILES string of the molecule is CCNC(=NCCCOCc1ccco1)NCCc1c[nH]c2cccc(C)c12. The molecule has 0 spiro atoms. The maximum atomic E-state index is 5.59. The highest BCUT2D eigenvalue weighted by Gasteiger charge is 2.06. The van der Waals surface area contributed by atoms with Crippen molar-refractivity contribution in [3.8, 4) is 0 Å². The second kappa shape index (κ2) is 10.6. The minimum atomic E-state index is 0.513. The second-order valence-electron chi connectivity index (χ2n) is 6.73. The van der Waals surface area contributed by atoms with E-state index in [1.165, 1.54) is 22.0 Å². The Morgan fingerprint density at radius 2 is 2.14 bits per heavy atom. The van der Waals surface area contributed by atoms with Crippen LogP contribution in [0.25, 0.3) is 10.9 Å². The van der Waals surface area contributed by atoms with Gasteiger partial charge in [0, 0.05) is 43.3 Å². The van der Waals surface area contributed by atoms with Gasteiger partial charge in [-0.3, -0.25) is 4.99 Å². The average molecular weight is 383 g/mol. The lowest BCUT2D eigenvalue weighted by Gasteiger charge is -2.11. The summed E-state index contributed by atoms with van der Waals surface area (Å²) in [5.41, 5.74) is 3.84. The molecule has 0 bridgehead atoms. The van der Waals surface area contributed by atoms with Gasteiger partial charge in [-0.1, -0.05) is 12.1 Å². The summed E-state index contributed by atoms with van der Waals surface area (Å²) in [6.45, 7) is 7.81. The summed E-state index contributed by atoms with van der Waals surface area (Å²) in [4.78, 5) is 7.99. The van der Waals surface area contributed by atoms with Gasteiger partial charge in [-0.2, -0.15) is 0 Å². The number of hydrogen-bond acceptors (Lipinski definition) is 3. The van der Waals surface area contributed by atoms with E-state index in [0.717, 1.165) is 44.2 Å². The monoisotopic (exact) mass is 382 g/mol. The standard InChI is InChI=1S/C22H30N4O2/c1-3-23-22(24-11-6-13-27-16-19-8-5-14-28-19)25-12-10-18-15-26-20-9-4-7-17(2)21(18)20/h4-5,7-9,14-15,26H,3,6,10-13,16H2,1-2H3,(H2,23,24,25). The molecule has 28 heavy (non-hydrogen) atoms. The maximum absolute atomic E-state index is 5.59. The van der Waals surface area contributed by atoms with E-state index >= 15 is 0 Å². The molecule has 0 radical (unpaired) electrons. The Balaban J connectivity index is 1.41. The van der Waals surface area contributed by atoms with Crippen molar-refractivity contribution in [2.24, 2.45) is 4.99 Å². The Morgan fingerprint density at radius 3 is 2.96 bits per heavy atom. The molecule has 0 fully saturated rings. The molecule has 6 heteroatoms. The Morgan fingerprint density at radius 1 is 1.21 bits per heavy atom. The minimum Gasteiger partial charge on any atom is -0.467 e. The zero-order valence-electron chi connectivity index (χ0n) is 16.8. The normalized spacial score (nSPS) is 11.9. The molecule has 2 heterocycles. The van der Waals surface area contributed by atoms with Crippen LogP contribution < -0.4 is 10.6 Å². The number of hydrogen-bond donors (Lipinski definition) is 3. The fourth-order valence-electron chi connectivity index (χ4n) is 3.23. The number of rotatable bonds is 10. The summed E-state index contributed by atoms with van der Waals surface area (Å²) < 4.78 is 10.8. The number of aryl methyl sites for hydroxylation is 1. The van der Waals surface area contributed by atoms with Crippen molar-refractivity contribution < 1.29 is 9.15 Å². The molecular weight excluding hydrogens is 352 g/mol. The van der Waals surface area contributed by atoms with Gasteiger partial charge in [-0.25, -0.2) is 0 Å². The number of H-pyrrole nitrogens is 1. The van der Waals surface area contributed by atoms with Crippen molar-refractivity contribution in [2.45, 2.75) is 33.3 Å². The number of benzene rings is 1. The topological polar surface area (TPSA) is 74.6 Å². The van der Waals surface area contributed by atoms with Gasteiger partial charge < -0.3 is 24.8 Å². The largest absolute Gasteiger partial charge is 0.467 e. The number of aliphatic imine (C=N–C) groups is 1. The molecule has 6 nitrogen and oxygen atoms in total. The van der Waals surface area contributed by atoms with Crippen LogP contribution in [0.4, 0.5) is 0 Å². The molecule has 3 aromatic rings. The van der Waals surface area contributed by atoms with E-state index < -0.39 is 0 Å². The molecule has 1 aromatic carbocycles. The number of ether oxygens (including phenoxy) is 1. The molecule has 0 aliphatic heterocycles. The van der Waals surface area contributed by atoms with Crippen LogP contribution in [0.15, 0.2) is 52.2 Å². The Hall–Kier alpha value is -2.73. The third kappa shape index (κ3) is 5.63. The van der Waals surface area contributed by atoms with Gasteiger partial charge in [-0.15, -0.1) is 0 Å². The van der Waals surface area contributed by atoms with Crippen LogP contribution in [-0.4, -0.2) is 37.2 Å². The maximum Gasteiger partial charge on any atom is 0.191 e. The number of nitrogens with one attached hydrogen (secondary N) is 3. The van der Waals surface area contributed by atoms with Crippen molar-refractivity contribution in [1.82, 2.24) is 15.6 Å². The lowest BCUT2D eigenvalue weighted by Crippen LogP contribution is -2.38. The van der Waals surface area contributed by atoms with E-state index in [2.05, 4.69) is 58.9 Å². The summed E-state index contributed by atoms with van der Waals surface area (Å²) in [7, 11) is 0. The number of guanidine groups is 1. The van der Waals surface area contributed by atoms with Crippen LogP contribution in [0.2, 0.25) is 0 Å². The van der Waals surface area contributed by atoms with Crippen LogP contribution in [-0.2, 0) is 17.8 Å². The Kier molecular flexibility index (Phi) is 7.55. The number of furan rings is 1. The molecule has 0 saturated heterocycles. The number of nitrogens with zero attached hydrogens (tertiary/aromatic N) is 1. The molecule has 0 aliphatic carbocycles. The van der Waals surface area contributed by atoms with Gasteiger partial charge in [-0.05, 0) is 56.0 Å². The zero-order chi connectivity index (χ0) is 19.6. The van der Waals surface area contributed by atoms with Gasteiger partial charge in [0.2, 0.25) is 0 Å². The van der Waals surface area contributed by atoms with Crippen LogP contribution >= 0.6 is 0 Å². The summed E-state index contributed by atoms with van der Waals surface area (Å²) >= 11 is 0. The van der Waals surface area contributed by atoms with Gasteiger partial charge in [0.05, 0.1) is 6.26 Å². The second-order valence-corrected chi connectivity index (χ2v) is 6.73. The number of fused-ring (bicyclic) bond motifs is 1. The van der Waals surface area contributed by atoms with E-state index in [1.54, 1.807) is 6.26 Å². The van der Waals surface area contributed by atoms with Crippen molar-refractivity contribution in [2.75, 3.05) is 26.2 Å². The molecule has 2 aromatic heterocycles. The van der Waals surface area contributed by atoms with Crippen molar-refractivity contribution >= 4 is 16.9 Å². The molecule has 0 saturated carbocycles. The predicted molar refractivity (Wildman–Crippen MR) is 114 cm³/mol. The van der Waals surface area contributed by atoms with E-state index in [0.29, 0.717) is 13.2 Å².